The monoisotopic (exact) mass is 228 g/mol. The van der Waals surface area contributed by atoms with Crippen LogP contribution in [0.2, 0.25) is 0 Å². The summed E-state index contributed by atoms with van der Waals surface area (Å²) in [4.78, 5) is 13.6. The van der Waals surface area contributed by atoms with Crippen LogP contribution in [0.25, 0.3) is 0 Å². The minimum Gasteiger partial charge on any atom is -0.469 e. The van der Waals surface area contributed by atoms with E-state index in [-0.39, 0.29) is 12.0 Å². The van der Waals surface area contributed by atoms with Crippen LogP contribution in [0.4, 0.5) is 0 Å². The number of hydrogen-bond acceptors (Lipinski definition) is 4. The lowest BCUT2D eigenvalue weighted by Gasteiger charge is -2.39. The molecule has 16 heavy (non-hydrogen) atoms. The van der Waals surface area contributed by atoms with Gasteiger partial charge in [-0.1, -0.05) is 6.92 Å². The van der Waals surface area contributed by atoms with E-state index in [0.29, 0.717) is 18.3 Å². The first-order chi connectivity index (χ1) is 7.58. The molecule has 4 nitrogen and oxygen atoms in total. The van der Waals surface area contributed by atoms with E-state index in [9.17, 15) is 4.79 Å². The topological polar surface area (TPSA) is 55.6 Å². The van der Waals surface area contributed by atoms with Crippen molar-refractivity contribution in [2.45, 2.75) is 32.7 Å². The minimum absolute atomic E-state index is 0.129. The van der Waals surface area contributed by atoms with Gasteiger partial charge in [0, 0.05) is 12.6 Å². The van der Waals surface area contributed by atoms with Crippen LogP contribution in [0.15, 0.2) is 0 Å². The Labute approximate surface area is 98.1 Å². The highest BCUT2D eigenvalue weighted by atomic mass is 16.5. The lowest BCUT2D eigenvalue weighted by molar-refractivity contribution is -0.142. The molecule has 1 rings (SSSR count). The number of hydrogen-bond donors (Lipinski definition) is 1. The molecule has 1 aliphatic heterocycles. The van der Waals surface area contributed by atoms with Gasteiger partial charge in [-0.05, 0) is 38.3 Å². The Balaban J connectivity index is 2.45. The van der Waals surface area contributed by atoms with Crippen LogP contribution in [-0.4, -0.2) is 43.7 Å². The van der Waals surface area contributed by atoms with Crippen LogP contribution >= 0.6 is 0 Å². The second kappa shape index (κ2) is 6.21. The number of nitrogens with two attached hydrogens (primary N) is 1. The number of likely N-dealkylation sites (tertiary alicyclic amines) is 1. The molecule has 1 heterocycles. The molecule has 0 bridgehead atoms. The number of esters is 1. The van der Waals surface area contributed by atoms with Crippen molar-refractivity contribution in [2.75, 3.05) is 26.7 Å². The van der Waals surface area contributed by atoms with Crippen molar-refractivity contribution in [1.29, 1.82) is 0 Å². The van der Waals surface area contributed by atoms with Crippen molar-refractivity contribution >= 4 is 5.97 Å². The third kappa shape index (κ3) is 3.46. The maximum atomic E-state index is 11.2. The molecule has 0 aromatic carbocycles. The second-order valence-corrected chi connectivity index (χ2v) is 4.89. The fourth-order valence-electron chi connectivity index (χ4n) is 2.34. The molecule has 1 saturated heterocycles. The molecule has 4 heteroatoms. The quantitative estimate of drug-likeness (QED) is 0.725. The first-order valence-electron chi connectivity index (χ1n) is 6.09. The number of carbonyl (C=O) groups excluding carboxylic acids is 1. The Morgan fingerprint density at radius 2 is 2.31 bits per heavy atom. The van der Waals surface area contributed by atoms with Gasteiger partial charge in [0.2, 0.25) is 0 Å². The summed E-state index contributed by atoms with van der Waals surface area (Å²) in [6.45, 7) is 7.16. The minimum atomic E-state index is -0.129. The lowest BCUT2D eigenvalue weighted by atomic mass is 9.86. The summed E-state index contributed by atoms with van der Waals surface area (Å²) >= 11 is 0. The summed E-state index contributed by atoms with van der Waals surface area (Å²) in [7, 11) is 1.44. The van der Waals surface area contributed by atoms with Crippen LogP contribution in [-0.2, 0) is 9.53 Å². The van der Waals surface area contributed by atoms with Crippen LogP contribution in [0, 0.1) is 11.8 Å². The predicted octanol–water partition coefficient (Wildman–Crippen LogP) is 0.855. The number of piperidine rings is 1. The van der Waals surface area contributed by atoms with Gasteiger partial charge in [0.25, 0.3) is 0 Å². The average molecular weight is 228 g/mol. The molecular formula is C12H24N2O2. The van der Waals surface area contributed by atoms with Gasteiger partial charge in [-0.25, -0.2) is 0 Å². The number of nitrogens with zero attached hydrogens (tertiary/aromatic N) is 1. The van der Waals surface area contributed by atoms with Crippen molar-refractivity contribution in [3.05, 3.63) is 0 Å². The molecule has 0 aromatic rings. The molecule has 0 saturated carbocycles. The van der Waals surface area contributed by atoms with Crippen LogP contribution in [0.3, 0.4) is 0 Å². The van der Waals surface area contributed by atoms with Crippen LogP contribution in [0.5, 0.6) is 0 Å². The van der Waals surface area contributed by atoms with Crippen LogP contribution in [0.1, 0.15) is 26.7 Å². The molecule has 1 aliphatic rings. The highest BCUT2D eigenvalue weighted by Crippen LogP contribution is 2.24. The number of rotatable bonds is 4. The van der Waals surface area contributed by atoms with E-state index in [0.717, 1.165) is 19.6 Å². The molecule has 0 aromatic heterocycles. The van der Waals surface area contributed by atoms with Gasteiger partial charge in [0.1, 0.15) is 0 Å². The highest BCUT2D eigenvalue weighted by molar-refractivity contribution is 5.69. The van der Waals surface area contributed by atoms with Crippen molar-refractivity contribution in [3.63, 3.8) is 0 Å². The fraction of sp³-hybridized carbons (Fsp3) is 0.917. The Hall–Kier alpha value is -0.610. The van der Waals surface area contributed by atoms with Gasteiger partial charge >= 0.3 is 5.97 Å². The number of ether oxygens (including phenoxy) is 1. The molecular weight excluding hydrogens is 204 g/mol. The average Bonchev–Trinajstić information content (AvgIpc) is 2.29. The van der Waals surface area contributed by atoms with Gasteiger partial charge in [-0.3, -0.25) is 9.69 Å². The van der Waals surface area contributed by atoms with Gasteiger partial charge in [-0.2, -0.15) is 0 Å². The Morgan fingerprint density at radius 1 is 1.62 bits per heavy atom. The summed E-state index contributed by atoms with van der Waals surface area (Å²) < 4.78 is 4.70. The van der Waals surface area contributed by atoms with E-state index in [1.165, 1.54) is 13.5 Å². The standard InChI is InChI=1S/C12H24N2O2/c1-9-4-5-14(8-11(9)7-13)10(2)6-12(15)16-3/h9-11H,4-8,13H2,1-3H3. The normalized spacial score (nSPS) is 28.8. The number of methoxy groups -OCH3 is 1. The smallest absolute Gasteiger partial charge is 0.307 e. The van der Waals surface area contributed by atoms with Crippen molar-refractivity contribution in [2.24, 2.45) is 17.6 Å². The summed E-state index contributed by atoms with van der Waals surface area (Å²) in [5, 5.41) is 0. The third-order valence-electron chi connectivity index (χ3n) is 3.76. The molecule has 0 aliphatic carbocycles. The predicted molar refractivity (Wildman–Crippen MR) is 64.0 cm³/mol. The molecule has 94 valence electrons. The Morgan fingerprint density at radius 3 is 2.88 bits per heavy atom. The summed E-state index contributed by atoms with van der Waals surface area (Å²) in [6, 6.07) is 0.258. The van der Waals surface area contributed by atoms with Gasteiger partial charge in [0.15, 0.2) is 0 Å². The van der Waals surface area contributed by atoms with E-state index < -0.39 is 0 Å². The fourth-order valence-corrected chi connectivity index (χ4v) is 2.34. The zero-order valence-corrected chi connectivity index (χ0v) is 10.6. The van der Waals surface area contributed by atoms with Crippen molar-refractivity contribution in [3.8, 4) is 0 Å². The van der Waals surface area contributed by atoms with Gasteiger partial charge in [0.05, 0.1) is 13.5 Å². The Bertz CT molecular complexity index is 233. The molecule has 3 atom stereocenters. The lowest BCUT2D eigenvalue weighted by Crippen LogP contribution is -2.47. The summed E-state index contributed by atoms with van der Waals surface area (Å²) in [6.07, 6.45) is 1.65. The first-order valence-corrected chi connectivity index (χ1v) is 6.09. The molecule has 1 fully saturated rings. The number of carbonyl (C=O) groups is 1. The zero-order valence-electron chi connectivity index (χ0n) is 10.6. The van der Waals surface area contributed by atoms with E-state index in [1.807, 2.05) is 0 Å². The molecule has 0 radical (unpaired) electrons. The molecule has 3 unspecified atom stereocenters. The summed E-state index contributed by atoms with van der Waals surface area (Å²) in [5.41, 5.74) is 5.77. The van der Waals surface area contributed by atoms with E-state index in [1.54, 1.807) is 0 Å². The van der Waals surface area contributed by atoms with Crippen LogP contribution < -0.4 is 5.73 Å². The molecule has 2 N–H and O–H groups in total. The van der Waals surface area contributed by atoms with E-state index in [4.69, 9.17) is 10.5 Å². The van der Waals surface area contributed by atoms with Gasteiger partial charge in [-0.15, -0.1) is 0 Å². The highest BCUT2D eigenvalue weighted by Gasteiger charge is 2.28. The van der Waals surface area contributed by atoms with Crippen molar-refractivity contribution in [1.82, 2.24) is 4.90 Å². The second-order valence-electron chi connectivity index (χ2n) is 4.89. The first kappa shape index (κ1) is 13.5. The Kier molecular flexibility index (Phi) is 5.22. The maximum Gasteiger partial charge on any atom is 0.307 e. The summed E-state index contributed by atoms with van der Waals surface area (Å²) in [5.74, 6) is 1.14. The molecule has 0 spiro atoms. The maximum absolute atomic E-state index is 11.2. The van der Waals surface area contributed by atoms with E-state index in [2.05, 4.69) is 18.7 Å². The largest absolute Gasteiger partial charge is 0.469 e. The van der Waals surface area contributed by atoms with E-state index >= 15 is 0 Å². The molecule has 0 amide bonds. The SMILES string of the molecule is COC(=O)CC(C)N1CCC(C)C(CN)C1. The third-order valence-corrected chi connectivity index (χ3v) is 3.76. The van der Waals surface area contributed by atoms with Gasteiger partial charge < -0.3 is 10.5 Å². The van der Waals surface area contributed by atoms with Crippen molar-refractivity contribution < 1.29 is 9.53 Å². The zero-order chi connectivity index (χ0) is 12.1.